The zero-order valence-corrected chi connectivity index (χ0v) is 14.2. The molecule has 1 fully saturated rings. The second-order valence-electron chi connectivity index (χ2n) is 6.06. The van der Waals surface area contributed by atoms with E-state index < -0.39 is 11.7 Å². The van der Waals surface area contributed by atoms with Crippen LogP contribution in [-0.2, 0) is 9.47 Å². The Bertz CT molecular complexity index is 479. The molecule has 2 rings (SSSR count). The van der Waals surface area contributed by atoms with E-state index in [2.05, 4.69) is 20.9 Å². The lowest BCUT2D eigenvalue weighted by Crippen LogP contribution is -2.41. The van der Waals surface area contributed by atoms with Crippen LogP contribution in [0.3, 0.4) is 0 Å². The van der Waals surface area contributed by atoms with Crippen LogP contribution in [0.25, 0.3) is 0 Å². The molecule has 1 aromatic rings. The lowest BCUT2D eigenvalue weighted by Gasteiger charge is -2.28. The maximum Gasteiger partial charge on any atom is 0.416 e. The van der Waals surface area contributed by atoms with E-state index in [0.717, 1.165) is 23.9 Å². The van der Waals surface area contributed by atoms with Crippen LogP contribution in [0, 0.1) is 0 Å². The molecule has 0 aromatic carbocycles. The Kier molecular flexibility index (Phi) is 5.22. The van der Waals surface area contributed by atoms with Crippen molar-refractivity contribution in [2.45, 2.75) is 45.3 Å². The third kappa shape index (κ3) is 4.97. The molecule has 2 heterocycles. The molecule has 21 heavy (non-hydrogen) atoms. The van der Waals surface area contributed by atoms with Gasteiger partial charge in [0.1, 0.15) is 11.4 Å². The van der Waals surface area contributed by atoms with Crippen molar-refractivity contribution in [1.29, 1.82) is 0 Å². The van der Waals surface area contributed by atoms with E-state index in [1.165, 1.54) is 0 Å². The number of aromatic nitrogens is 1. The number of rotatable bonds is 3. The summed E-state index contributed by atoms with van der Waals surface area (Å²) in [7, 11) is 0. The number of halogens is 1. The molecule has 1 saturated heterocycles. The maximum atomic E-state index is 12.4. The molecule has 1 amide bonds. The summed E-state index contributed by atoms with van der Waals surface area (Å²) in [6, 6.07) is 3.65. The fourth-order valence-electron chi connectivity index (χ4n) is 2.10. The zero-order chi connectivity index (χ0) is 15.5. The monoisotopic (exact) mass is 356 g/mol. The Balaban J connectivity index is 2.16. The first-order valence-electron chi connectivity index (χ1n) is 7.09. The van der Waals surface area contributed by atoms with Crippen LogP contribution in [0.1, 0.15) is 33.6 Å². The Labute approximate surface area is 133 Å². The molecular weight excluding hydrogens is 336 g/mol. The number of ether oxygens (including phenoxy) is 2. The van der Waals surface area contributed by atoms with Gasteiger partial charge in [-0.25, -0.2) is 9.78 Å². The first-order chi connectivity index (χ1) is 9.85. The van der Waals surface area contributed by atoms with Crippen LogP contribution < -0.4 is 4.90 Å². The normalized spacial score (nSPS) is 18.6. The van der Waals surface area contributed by atoms with Crippen LogP contribution in [0.5, 0.6) is 0 Å². The Morgan fingerprint density at radius 3 is 2.81 bits per heavy atom. The minimum Gasteiger partial charge on any atom is -0.443 e. The van der Waals surface area contributed by atoms with Crippen molar-refractivity contribution in [3.05, 3.63) is 22.8 Å². The SMILES string of the molecule is CC(C)(C)OC(=O)N(CC1CCCO1)c1ccc(Br)cn1. The smallest absolute Gasteiger partial charge is 0.416 e. The van der Waals surface area contributed by atoms with Gasteiger partial charge in [-0.3, -0.25) is 4.90 Å². The van der Waals surface area contributed by atoms with E-state index in [1.807, 2.05) is 26.8 Å². The van der Waals surface area contributed by atoms with Crippen molar-refractivity contribution in [3.8, 4) is 0 Å². The summed E-state index contributed by atoms with van der Waals surface area (Å²) in [5.74, 6) is 0.572. The lowest BCUT2D eigenvalue weighted by atomic mass is 10.2. The van der Waals surface area contributed by atoms with Gasteiger partial charge in [-0.05, 0) is 61.7 Å². The molecule has 0 N–H and O–H groups in total. The molecule has 6 heteroatoms. The summed E-state index contributed by atoms with van der Waals surface area (Å²) in [4.78, 5) is 18.3. The fraction of sp³-hybridized carbons (Fsp3) is 0.600. The molecule has 0 spiro atoms. The quantitative estimate of drug-likeness (QED) is 0.827. The third-order valence-corrected chi connectivity index (χ3v) is 3.48. The van der Waals surface area contributed by atoms with Gasteiger partial charge in [0, 0.05) is 17.3 Å². The number of carbonyl (C=O) groups excluding carboxylic acids is 1. The second kappa shape index (κ2) is 6.75. The number of pyridine rings is 1. The van der Waals surface area contributed by atoms with Gasteiger partial charge >= 0.3 is 6.09 Å². The van der Waals surface area contributed by atoms with E-state index in [0.29, 0.717) is 12.4 Å². The molecule has 0 radical (unpaired) electrons. The molecule has 1 aliphatic heterocycles. The molecule has 0 saturated carbocycles. The highest BCUT2D eigenvalue weighted by Crippen LogP contribution is 2.21. The third-order valence-electron chi connectivity index (χ3n) is 3.01. The molecular formula is C15H21BrN2O3. The summed E-state index contributed by atoms with van der Waals surface area (Å²) in [5, 5.41) is 0. The Morgan fingerprint density at radius 2 is 2.29 bits per heavy atom. The van der Waals surface area contributed by atoms with E-state index in [1.54, 1.807) is 17.2 Å². The van der Waals surface area contributed by atoms with Gasteiger partial charge < -0.3 is 9.47 Å². The fourth-order valence-corrected chi connectivity index (χ4v) is 2.33. The molecule has 1 atom stereocenters. The highest BCUT2D eigenvalue weighted by Gasteiger charge is 2.28. The van der Waals surface area contributed by atoms with Crippen molar-refractivity contribution < 1.29 is 14.3 Å². The van der Waals surface area contributed by atoms with Crippen molar-refractivity contribution in [2.24, 2.45) is 0 Å². The average Bonchev–Trinajstić information content (AvgIpc) is 2.88. The summed E-state index contributed by atoms with van der Waals surface area (Å²) in [6.45, 7) is 6.77. The first-order valence-corrected chi connectivity index (χ1v) is 7.88. The maximum absolute atomic E-state index is 12.4. The number of carbonyl (C=O) groups is 1. The highest BCUT2D eigenvalue weighted by atomic mass is 79.9. The summed E-state index contributed by atoms with van der Waals surface area (Å²) >= 11 is 3.35. The standard InChI is InChI=1S/C15H21BrN2O3/c1-15(2,3)21-14(19)18(10-12-5-4-8-20-12)13-7-6-11(16)9-17-13/h6-7,9,12H,4-5,8,10H2,1-3H3. The van der Waals surface area contributed by atoms with Crippen LogP contribution in [-0.4, -0.2) is 35.9 Å². The highest BCUT2D eigenvalue weighted by molar-refractivity contribution is 9.10. The van der Waals surface area contributed by atoms with Gasteiger partial charge in [0.25, 0.3) is 0 Å². The zero-order valence-electron chi connectivity index (χ0n) is 12.6. The van der Waals surface area contributed by atoms with Gasteiger partial charge in [0.2, 0.25) is 0 Å². The number of nitrogens with zero attached hydrogens (tertiary/aromatic N) is 2. The van der Waals surface area contributed by atoms with Crippen molar-refractivity contribution in [2.75, 3.05) is 18.1 Å². The number of hydrogen-bond donors (Lipinski definition) is 0. The van der Waals surface area contributed by atoms with Crippen molar-refractivity contribution in [1.82, 2.24) is 4.98 Å². The molecule has 0 aliphatic carbocycles. The lowest BCUT2D eigenvalue weighted by molar-refractivity contribution is 0.0537. The van der Waals surface area contributed by atoms with E-state index in [9.17, 15) is 4.79 Å². The minimum atomic E-state index is -0.540. The number of amides is 1. The van der Waals surface area contributed by atoms with E-state index in [4.69, 9.17) is 9.47 Å². The number of hydrogen-bond acceptors (Lipinski definition) is 4. The average molecular weight is 357 g/mol. The first kappa shape index (κ1) is 16.2. The molecule has 116 valence electrons. The topological polar surface area (TPSA) is 51.7 Å². The van der Waals surface area contributed by atoms with Crippen LogP contribution in [0.2, 0.25) is 0 Å². The van der Waals surface area contributed by atoms with Crippen LogP contribution in [0.15, 0.2) is 22.8 Å². The van der Waals surface area contributed by atoms with Gasteiger partial charge in [-0.2, -0.15) is 0 Å². The van der Waals surface area contributed by atoms with Gasteiger partial charge in [-0.1, -0.05) is 0 Å². The molecule has 1 unspecified atom stereocenters. The van der Waals surface area contributed by atoms with Crippen LogP contribution in [0.4, 0.5) is 10.6 Å². The largest absolute Gasteiger partial charge is 0.443 e. The molecule has 1 aliphatic rings. The van der Waals surface area contributed by atoms with Gasteiger partial charge in [-0.15, -0.1) is 0 Å². The second-order valence-corrected chi connectivity index (χ2v) is 6.98. The van der Waals surface area contributed by atoms with Crippen molar-refractivity contribution in [3.63, 3.8) is 0 Å². The Morgan fingerprint density at radius 1 is 1.52 bits per heavy atom. The van der Waals surface area contributed by atoms with Crippen LogP contribution >= 0.6 is 15.9 Å². The van der Waals surface area contributed by atoms with Gasteiger partial charge in [0.05, 0.1) is 12.6 Å². The van der Waals surface area contributed by atoms with Gasteiger partial charge in [0.15, 0.2) is 0 Å². The van der Waals surface area contributed by atoms with Crippen molar-refractivity contribution >= 4 is 27.8 Å². The predicted octanol–water partition coefficient (Wildman–Crippen LogP) is 3.76. The molecule has 5 nitrogen and oxygen atoms in total. The summed E-state index contributed by atoms with van der Waals surface area (Å²) in [6.07, 6.45) is 3.30. The van der Waals surface area contributed by atoms with E-state index >= 15 is 0 Å². The predicted molar refractivity (Wildman–Crippen MR) is 84.5 cm³/mol. The summed E-state index contributed by atoms with van der Waals surface area (Å²) in [5.41, 5.74) is -0.540. The minimum absolute atomic E-state index is 0.0444. The summed E-state index contributed by atoms with van der Waals surface area (Å²) < 4.78 is 12.0. The molecule has 0 bridgehead atoms. The van der Waals surface area contributed by atoms with E-state index in [-0.39, 0.29) is 6.10 Å². The Hall–Kier alpha value is -1.14. The number of anilines is 1. The molecule has 1 aromatic heterocycles.